The minimum absolute atomic E-state index is 0.327. The van der Waals surface area contributed by atoms with Crippen LogP contribution in [0.25, 0.3) is 10.9 Å². The monoisotopic (exact) mass is 449 g/mol. The lowest BCUT2D eigenvalue weighted by Crippen LogP contribution is -2.32. The molecule has 0 aliphatic heterocycles. The van der Waals surface area contributed by atoms with E-state index in [4.69, 9.17) is 21.1 Å². The Hall–Kier alpha value is -3.84. The number of benzene rings is 3. The van der Waals surface area contributed by atoms with Crippen molar-refractivity contribution in [3.8, 4) is 11.5 Å². The normalized spacial score (nSPS) is 11.2. The Morgan fingerprint density at radius 1 is 1.03 bits per heavy atom. The quantitative estimate of drug-likeness (QED) is 0.428. The van der Waals surface area contributed by atoms with Crippen LogP contribution in [0.2, 0.25) is 5.02 Å². The van der Waals surface area contributed by atoms with Gasteiger partial charge in [0, 0.05) is 0 Å². The van der Waals surface area contributed by atoms with E-state index in [1.54, 1.807) is 36.4 Å². The lowest BCUT2D eigenvalue weighted by atomic mass is 10.2. The highest BCUT2D eigenvalue weighted by molar-refractivity contribution is 6.32. The van der Waals surface area contributed by atoms with Gasteiger partial charge in [0.1, 0.15) is 6.61 Å². The number of ether oxygens (including phenoxy) is 2. The Balaban J connectivity index is 1.66. The van der Waals surface area contributed by atoms with Crippen LogP contribution >= 0.6 is 11.6 Å². The number of para-hydroxylation sites is 1. The lowest BCUT2D eigenvalue weighted by molar-refractivity contribution is 0.269. The van der Waals surface area contributed by atoms with E-state index in [1.807, 2.05) is 37.3 Å². The molecule has 1 heterocycles. The van der Waals surface area contributed by atoms with Crippen LogP contribution in [0.15, 0.2) is 81.4 Å². The number of nitrogens with one attached hydrogen (secondary N) is 1. The second kappa shape index (κ2) is 9.53. The van der Waals surface area contributed by atoms with Gasteiger partial charge in [0.15, 0.2) is 11.5 Å². The van der Waals surface area contributed by atoms with Gasteiger partial charge in [0.05, 0.1) is 28.7 Å². The van der Waals surface area contributed by atoms with Crippen molar-refractivity contribution in [3.05, 3.63) is 104 Å². The zero-order valence-corrected chi connectivity index (χ0v) is 18.0. The molecule has 4 rings (SSSR count). The van der Waals surface area contributed by atoms with E-state index < -0.39 is 11.2 Å². The number of halogens is 1. The van der Waals surface area contributed by atoms with Crippen molar-refractivity contribution in [1.82, 2.24) is 9.66 Å². The predicted octanol–water partition coefficient (Wildman–Crippen LogP) is 4.20. The van der Waals surface area contributed by atoms with Crippen LogP contribution in [0.1, 0.15) is 18.1 Å². The molecule has 162 valence electrons. The van der Waals surface area contributed by atoms with Gasteiger partial charge in [-0.3, -0.25) is 4.79 Å². The summed E-state index contributed by atoms with van der Waals surface area (Å²) in [7, 11) is 0. The molecule has 1 aromatic heterocycles. The maximum Gasteiger partial charge on any atom is 0.349 e. The average Bonchev–Trinajstić information content (AvgIpc) is 2.79. The third kappa shape index (κ3) is 4.58. The molecule has 0 radical (unpaired) electrons. The second-order valence-corrected chi connectivity index (χ2v) is 7.28. The molecule has 3 aromatic carbocycles. The Bertz CT molecular complexity index is 1390. The summed E-state index contributed by atoms with van der Waals surface area (Å²) in [4.78, 5) is 27.6. The first-order valence-electron chi connectivity index (χ1n) is 9.98. The highest BCUT2D eigenvalue weighted by Crippen LogP contribution is 2.37. The number of hydrogen-bond donors (Lipinski definition) is 1. The molecule has 7 nitrogen and oxygen atoms in total. The summed E-state index contributed by atoms with van der Waals surface area (Å²) >= 11 is 6.46. The van der Waals surface area contributed by atoms with E-state index >= 15 is 0 Å². The highest BCUT2D eigenvalue weighted by Gasteiger charge is 2.13. The molecule has 0 fully saturated rings. The second-order valence-electron chi connectivity index (χ2n) is 6.87. The molecule has 8 heteroatoms. The van der Waals surface area contributed by atoms with Gasteiger partial charge in [0.2, 0.25) is 0 Å². The van der Waals surface area contributed by atoms with Crippen molar-refractivity contribution >= 4 is 28.7 Å². The van der Waals surface area contributed by atoms with Crippen LogP contribution in [0.3, 0.4) is 0 Å². The fraction of sp³-hybridized carbons (Fsp3) is 0.125. The summed E-state index contributed by atoms with van der Waals surface area (Å²) in [5.74, 6) is 0.854. The molecule has 1 N–H and O–H groups in total. The van der Waals surface area contributed by atoms with Gasteiger partial charge in [-0.2, -0.15) is 5.10 Å². The molecule has 0 aliphatic rings. The number of fused-ring (bicyclic) bond motifs is 1. The van der Waals surface area contributed by atoms with Crippen molar-refractivity contribution in [2.45, 2.75) is 13.5 Å². The van der Waals surface area contributed by atoms with Crippen LogP contribution in [0.4, 0.5) is 0 Å². The van der Waals surface area contributed by atoms with Crippen molar-refractivity contribution < 1.29 is 9.47 Å². The van der Waals surface area contributed by atoms with Gasteiger partial charge in [-0.15, -0.1) is 4.68 Å². The lowest BCUT2D eigenvalue weighted by Gasteiger charge is -2.14. The minimum Gasteiger partial charge on any atom is -0.490 e. The molecule has 0 saturated heterocycles. The Morgan fingerprint density at radius 3 is 2.56 bits per heavy atom. The highest BCUT2D eigenvalue weighted by atomic mass is 35.5. The molecule has 4 aromatic rings. The molecule has 0 saturated carbocycles. The number of aromatic amines is 1. The first-order valence-corrected chi connectivity index (χ1v) is 10.4. The molecule has 0 bridgehead atoms. The van der Waals surface area contributed by atoms with Crippen molar-refractivity contribution in [3.63, 3.8) is 0 Å². The third-order valence-corrected chi connectivity index (χ3v) is 4.94. The van der Waals surface area contributed by atoms with E-state index in [9.17, 15) is 9.59 Å². The zero-order valence-electron chi connectivity index (χ0n) is 17.2. The van der Waals surface area contributed by atoms with Gasteiger partial charge in [-0.05, 0) is 42.3 Å². The Morgan fingerprint density at radius 2 is 1.78 bits per heavy atom. The van der Waals surface area contributed by atoms with Gasteiger partial charge in [-0.1, -0.05) is 54.1 Å². The SMILES string of the molecule is CCOc1cc(C=Nn2c(=O)[nH]c3ccccc3c2=O)cc(Cl)c1OCc1ccccc1. The largest absolute Gasteiger partial charge is 0.490 e. The van der Waals surface area contributed by atoms with Crippen molar-refractivity contribution in [2.24, 2.45) is 5.10 Å². The fourth-order valence-corrected chi connectivity index (χ4v) is 3.45. The number of aromatic nitrogens is 2. The Kier molecular flexibility index (Phi) is 6.37. The van der Waals surface area contributed by atoms with E-state index in [0.717, 1.165) is 10.2 Å². The van der Waals surface area contributed by atoms with Crippen LogP contribution in [-0.2, 0) is 6.61 Å². The smallest absolute Gasteiger partial charge is 0.349 e. The summed E-state index contributed by atoms with van der Waals surface area (Å²) in [6.45, 7) is 2.59. The topological polar surface area (TPSA) is 85.7 Å². The first kappa shape index (κ1) is 21.4. The molecule has 0 spiro atoms. The van der Waals surface area contributed by atoms with Crippen LogP contribution in [0, 0.1) is 0 Å². The van der Waals surface area contributed by atoms with Gasteiger partial charge in [0.25, 0.3) is 5.56 Å². The van der Waals surface area contributed by atoms with Crippen molar-refractivity contribution in [2.75, 3.05) is 6.61 Å². The molecular weight excluding hydrogens is 430 g/mol. The molecule has 0 unspecified atom stereocenters. The number of H-pyrrole nitrogens is 1. The summed E-state index contributed by atoms with van der Waals surface area (Å²) in [6.07, 6.45) is 1.38. The average molecular weight is 450 g/mol. The maximum absolute atomic E-state index is 12.6. The standard InChI is InChI=1S/C24H20ClN3O4/c1-2-31-21-13-17(12-19(25)22(21)32-15-16-8-4-3-5-9-16)14-26-28-23(29)18-10-6-7-11-20(18)27-24(28)30/h3-14H,2,15H2,1H3,(H,27,30). The summed E-state index contributed by atoms with van der Waals surface area (Å²) in [6, 6.07) is 19.8. The van der Waals surface area contributed by atoms with Gasteiger partial charge in [-0.25, -0.2) is 4.79 Å². The molecule has 32 heavy (non-hydrogen) atoms. The number of nitrogens with zero attached hydrogens (tertiary/aromatic N) is 2. The fourth-order valence-electron chi connectivity index (χ4n) is 3.18. The molecule has 0 atom stereocenters. The van der Waals surface area contributed by atoms with Crippen molar-refractivity contribution in [1.29, 1.82) is 0 Å². The van der Waals surface area contributed by atoms with E-state index in [-0.39, 0.29) is 0 Å². The van der Waals surface area contributed by atoms with Gasteiger partial charge < -0.3 is 14.5 Å². The van der Waals surface area contributed by atoms with Crippen LogP contribution in [0.5, 0.6) is 11.5 Å². The van der Waals surface area contributed by atoms with E-state index in [0.29, 0.717) is 46.2 Å². The zero-order chi connectivity index (χ0) is 22.5. The van der Waals surface area contributed by atoms with Gasteiger partial charge >= 0.3 is 5.69 Å². The third-order valence-electron chi connectivity index (χ3n) is 4.66. The minimum atomic E-state index is -0.635. The molecule has 0 amide bonds. The summed E-state index contributed by atoms with van der Waals surface area (Å²) in [5.41, 5.74) is 0.843. The molecule has 0 aliphatic carbocycles. The predicted molar refractivity (Wildman–Crippen MR) is 125 cm³/mol. The van der Waals surface area contributed by atoms with E-state index in [1.165, 1.54) is 6.21 Å². The number of rotatable bonds is 7. The first-order chi connectivity index (χ1) is 15.6. The summed E-state index contributed by atoms with van der Waals surface area (Å²) in [5, 5.41) is 4.76. The Labute approximate surface area is 188 Å². The van der Waals surface area contributed by atoms with Crippen LogP contribution < -0.4 is 20.7 Å². The maximum atomic E-state index is 12.6. The summed E-state index contributed by atoms with van der Waals surface area (Å²) < 4.78 is 12.4. The molecular formula is C24H20ClN3O4. The van der Waals surface area contributed by atoms with E-state index in [2.05, 4.69) is 10.1 Å². The number of hydrogen-bond acceptors (Lipinski definition) is 5. The van der Waals surface area contributed by atoms with Crippen LogP contribution in [-0.4, -0.2) is 22.5 Å².